The zero-order chi connectivity index (χ0) is 11.6. The van der Waals surface area contributed by atoms with Gasteiger partial charge in [0, 0.05) is 26.2 Å². The molecule has 0 amide bonds. The van der Waals surface area contributed by atoms with Gasteiger partial charge in [0.2, 0.25) is 0 Å². The molecule has 0 saturated carbocycles. The molecule has 0 unspecified atom stereocenters. The first kappa shape index (κ1) is 13.3. The van der Waals surface area contributed by atoms with E-state index in [9.17, 15) is 8.42 Å². The van der Waals surface area contributed by atoms with Crippen molar-refractivity contribution in [2.45, 2.75) is 27.7 Å². The highest BCUT2D eigenvalue weighted by atomic mass is 32.2. The molecular formula is C8H20N3O2PS. The molecule has 0 aromatic rings. The summed E-state index contributed by atoms with van der Waals surface area (Å²) in [6.07, 6.45) is 0. The molecule has 1 heterocycles. The van der Waals surface area contributed by atoms with Crippen molar-refractivity contribution in [3.05, 3.63) is 0 Å². The second-order valence-corrected chi connectivity index (χ2v) is 7.58. The molecule has 5 nitrogen and oxygen atoms in total. The Balaban J connectivity index is 2.88. The van der Waals surface area contributed by atoms with Gasteiger partial charge >= 0.3 is 0 Å². The smallest absolute Gasteiger partial charge is 0.256 e. The van der Waals surface area contributed by atoms with E-state index < -0.39 is 18.6 Å². The van der Waals surface area contributed by atoms with E-state index in [1.165, 1.54) is 0 Å². The van der Waals surface area contributed by atoms with Crippen LogP contribution in [-0.4, -0.2) is 47.4 Å². The van der Waals surface area contributed by atoms with Gasteiger partial charge in [-0.25, -0.2) is 0 Å². The Hall–Kier alpha value is 0.260. The molecule has 90 valence electrons. The van der Waals surface area contributed by atoms with Crippen molar-refractivity contribution < 1.29 is 8.42 Å². The van der Waals surface area contributed by atoms with Crippen LogP contribution in [0.4, 0.5) is 0 Å². The van der Waals surface area contributed by atoms with Gasteiger partial charge in [0.05, 0.1) is 0 Å². The predicted octanol–water partition coefficient (Wildman–Crippen LogP) is 1.46. The van der Waals surface area contributed by atoms with E-state index in [-0.39, 0.29) is 0 Å². The van der Waals surface area contributed by atoms with E-state index in [0.717, 1.165) is 13.1 Å². The molecule has 0 atom stereocenters. The highest BCUT2D eigenvalue weighted by molar-refractivity contribution is 8.03. The Morgan fingerprint density at radius 3 is 1.67 bits per heavy atom. The highest BCUT2D eigenvalue weighted by Crippen LogP contribution is 2.60. The van der Waals surface area contributed by atoms with Gasteiger partial charge in [-0.15, -0.1) is 8.15 Å². The van der Waals surface area contributed by atoms with Gasteiger partial charge < -0.3 is 0 Å². The Labute approximate surface area is 94.1 Å². The highest BCUT2D eigenvalue weighted by Gasteiger charge is 2.52. The molecular weight excluding hydrogens is 233 g/mol. The van der Waals surface area contributed by atoms with Gasteiger partial charge in [-0.1, -0.05) is 27.7 Å². The van der Waals surface area contributed by atoms with Crippen LogP contribution in [0.5, 0.6) is 0 Å². The van der Waals surface area contributed by atoms with Gasteiger partial charge in [0.1, 0.15) is 0 Å². The molecule has 15 heavy (non-hydrogen) atoms. The van der Waals surface area contributed by atoms with Gasteiger partial charge in [-0.2, -0.15) is 8.42 Å². The zero-order valence-electron chi connectivity index (χ0n) is 9.84. The Morgan fingerprint density at radius 1 is 1.00 bits per heavy atom. The zero-order valence-corrected chi connectivity index (χ0v) is 11.6. The van der Waals surface area contributed by atoms with Gasteiger partial charge in [0.25, 0.3) is 10.2 Å². The molecule has 1 aliphatic rings. The number of nitrogens with zero attached hydrogens (tertiary/aromatic N) is 3. The topological polar surface area (TPSA) is 43.9 Å². The molecule has 1 aliphatic heterocycles. The minimum atomic E-state index is -3.12. The third-order valence-corrected chi connectivity index (χ3v) is 8.59. The molecule has 0 aromatic carbocycles. The quantitative estimate of drug-likeness (QED) is 0.697. The summed E-state index contributed by atoms with van der Waals surface area (Å²) in [5, 5.41) is 0. The fourth-order valence-corrected chi connectivity index (χ4v) is 7.07. The first-order chi connectivity index (χ1) is 7.04. The molecule has 0 radical (unpaired) electrons. The molecule has 0 bridgehead atoms. The lowest BCUT2D eigenvalue weighted by molar-refractivity contribution is 0.381. The standard InChI is InChI=1S/C8H20N3O2PS/c1-5-9(6-2)14-10(7-3)15(12,13)11(14)8-4/h5-8H2,1-4H3. The van der Waals surface area contributed by atoms with Crippen LogP contribution in [0.2, 0.25) is 0 Å². The molecule has 1 rings (SSSR count). The van der Waals surface area contributed by atoms with Crippen molar-refractivity contribution in [3.8, 4) is 0 Å². The molecule has 1 saturated heterocycles. The average Bonchev–Trinajstić information content (AvgIpc) is 2.19. The maximum Gasteiger partial charge on any atom is 0.292 e. The van der Waals surface area contributed by atoms with Crippen LogP contribution in [0.25, 0.3) is 0 Å². The predicted molar refractivity (Wildman–Crippen MR) is 63.5 cm³/mol. The Kier molecular flexibility index (Phi) is 4.50. The van der Waals surface area contributed by atoms with Gasteiger partial charge in [-0.05, 0) is 0 Å². The minimum absolute atomic E-state index is 0.570. The van der Waals surface area contributed by atoms with Crippen LogP contribution >= 0.6 is 8.37 Å². The van der Waals surface area contributed by atoms with Crippen LogP contribution in [-0.2, 0) is 10.2 Å². The molecule has 0 spiro atoms. The van der Waals surface area contributed by atoms with Crippen LogP contribution in [0.3, 0.4) is 0 Å². The molecule has 7 heteroatoms. The summed E-state index contributed by atoms with van der Waals surface area (Å²) in [7, 11) is -3.89. The Morgan fingerprint density at radius 2 is 1.40 bits per heavy atom. The van der Waals surface area contributed by atoms with Crippen LogP contribution in [0.15, 0.2) is 0 Å². The van der Waals surface area contributed by atoms with Crippen molar-refractivity contribution in [3.63, 3.8) is 0 Å². The summed E-state index contributed by atoms with van der Waals surface area (Å²) < 4.78 is 29.0. The second kappa shape index (κ2) is 5.06. The number of rotatable bonds is 5. The first-order valence-electron chi connectivity index (χ1n) is 5.39. The average molecular weight is 253 g/mol. The summed E-state index contributed by atoms with van der Waals surface area (Å²) in [5.74, 6) is 0. The SMILES string of the molecule is CCN(CC)P1N(CC)S(=O)(=O)N1CC. The van der Waals surface area contributed by atoms with Gasteiger partial charge in [-0.3, -0.25) is 4.67 Å². The maximum atomic E-state index is 11.8. The van der Waals surface area contributed by atoms with Crippen molar-refractivity contribution in [1.82, 2.24) is 12.8 Å². The summed E-state index contributed by atoms with van der Waals surface area (Å²) in [4.78, 5) is 0. The van der Waals surface area contributed by atoms with Crippen molar-refractivity contribution >= 4 is 18.6 Å². The number of hydrogen-bond acceptors (Lipinski definition) is 3. The molecule has 0 aliphatic carbocycles. The van der Waals surface area contributed by atoms with Crippen LogP contribution in [0, 0.1) is 0 Å². The summed E-state index contributed by atoms with van der Waals surface area (Å²) >= 11 is 0. The van der Waals surface area contributed by atoms with Crippen molar-refractivity contribution in [1.29, 1.82) is 0 Å². The van der Waals surface area contributed by atoms with Crippen molar-refractivity contribution in [2.24, 2.45) is 0 Å². The van der Waals surface area contributed by atoms with E-state index in [1.54, 1.807) is 8.15 Å². The fourth-order valence-electron chi connectivity index (χ4n) is 1.72. The second-order valence-electron chi connectivity index (χ2n) is 3.19. The van der Waals surface area contributed by atoms with E-state index in [2.05, 4.69) is 18.5 Å². The summed E-state index contributed by atoms with van der Waals surface area (Å²) in [5.41, 5.74) is 0. The molecule has 1 fully saturated rings. The monoisotopic (exact) mass is 253 g/mol. The lowest BCUT2D eigenvalue weighted by atomic mass is 10.7. The van der Waals surface area contributed by atoms with Gasteiger partial charge in [0.15, 0.2) is 8.37 Å². The van der Waals surface area contributed by atoms with E-state index in [0.29, 0.717) is 13.1 Å². The number of hydrogen-bond donors (Lipinski definition) is 0. The van der Waals surface area contributed by atoms with Crippen LogP contribution in [0.1, 0.15) is 27.7 Å². The Bertz CT molecular complexity index is 287. The maximum absolute atomic E-state index is 11.8. The van der Waals surface area contributed by atoms with E-state index in [1.807, 2.05) is 13.8 Å². The van der Waals surface area contributed by atoms with E-state index >= 15 is 0 Å². The normalized spacial score (nSPS) is 23.3. The third-order valence-electron chi connectivity index (χ3n) is 2.46. The summed E-state index contributed by atoms with van der Waals surface area (Å²) in [6, 6.07) is 0. The molecule has 0 aromatic heterocycles. The fraction of sp³-hybridized carbons (Fsp3) is 1.00. The lowest BCUT2D eigenvalue weighted by Gasteiger charge is -2.51. The van der Waals surface area contributed by atoms with Crippen molar-refractivity contribution in [2.75, 3.05) is 26.2 Å². The largest absolute Gasteiger partial charge is 0.292 e. The molecule has 0 N–H and O–H groups in total. The minimum Gasteiger partial charge on any atom is -0.256 e. The van der Waals surface area contributed by atoms with E-state index in [4.69, 9.17) is 0 Å². The summed E-state index contributed by atoms with van der Waals surface area (Å²) in [6.45, 7) is 10.8. The first-order valence-corrected chi connectivity index (χ1v) is 7.99. The lowest BCUT2D eigenvalue weighted by Crippen LogP contribution is -2.55. The third kappa shape index (κ3) is 2.06. The van der Waals surface area contributed by atoms with Crippen LogP contribution < -0.4 is 0 Å².